The molecule has 2 aromatic rings. The molecular formula is C20H18O6. The van der Waals surface area contributed by atoms with Crippen LogP contribution in [0.4, 0.5) is 0 Å². The average Bonchev–Trinajstić information content (AvgIpc) is 2.54. The van der Waals surface area contributed by atoms with Crippen molar-refractivity contribution in [2.24, 2.45) is 0 Å². The van der Waals surface area contributed by atoms with Crippen molar-refractivity contribution >= 4 is 29.1 Å². The number of rotatable bonds is 5. The molecule has 0 unspecified atom stereocenters. The summed E-state index contributed by atoms with van der Waals surface area (Å²) >= 11 is 0. The SMILES string of the molecule is CC(=O)Oc1ccc(/C(O)=C(/C(C)=O)c2ccccc2)c(OC(C)=O)c1. The molecule has 0 heterocycles. The fraction of sp³-hybridized carbons (Fsp3) is 0.150. The monoisotopic (exact) mass is 354 g/mol. The molecule has 6 heteroatoms. The molecule has 0 bridgehead atoms. The molecule has 0 amide bonds. The minimum Gasteiger partial charge on any atom is -0.506 e. The summed E-state index contributed by atoms with van der Waals surface area (Å²) in [6, 6.07) is 12.8. The van der Waals surface area contributed by atoms with Crippen molar-refractivity contribution < 1.29 is 29.0 Å². The summed E-state index contributed by atoms with van der Waals surface area (Å²) in [6.45, 7) is 3.77. The van der Waals surface area contributed by atoms with Crippen molar-refractivity contribution in [1.29, 1.82) is 0 Å². The number of aliphatic hydroxyl groups excluding tert-OH is 1. The molecule has 134 valence electrons. The summed E-state index contributed by atoms with van der Waals surface area (Å²) in [4.78, 5) is 34.6. The molecule has 26 heavy (non-hydrogen) atoms. The number of allylic oxidation sites excluding steroid dienone is 1. The van der Waals surface area contributed by atoms with Crippen LogP contribution < -0.4 is 9.47 Å². The van der Waals surface area contributed by atoms with E-state index in [0.717, 1.165) is 0 Å². The van der Waals surface area contributed by atoms with Gasteiger partial charge in [-0.25, -0.2) is 0 Å². The number of carbonyl (C=O) groups is 3. The van der Waals surface area contributed by atoms with Crippen LogP contribution in [-0.2, 0) is 14.4 Å². The highest BCUT2D eigenvalue weighted by atomic mass is 16.5. The van der Waals surface area contributed by atoms with Gasteiger partial charge in [-0.05, 0) is 24.6 Å². The molecule has 6 nitrogen and oxygen atoms in total. The van der Waals surface area contributed by atoms with Gasteiger partial charge in [-0.3, -0.25) is 14.4 Å². The van der Waals surface area contributed by atoms with Crippen LogP contribution in [0.2, 0.25) is 0 Å². The second-order valence-electron chi connectivity index (χ2n) is 5.49. The number of hydrogen-bond acceptors (Lipinski definition) is 6. The number of hydrogen-bond donors (Lipinski definition) is 1. The van der Waals surface area contributed by atoms with Gasteiger partial charge in [-0.2, -0.15) is 0 Å². The van der Waals surface area contributed by atoms with Crippen LogP contribution in [0.3, 0.4) is 0 Å². The molecule has 0 aliphatic rings. The zero-order valence-electron chi connectivity index (χ0n) is 14.6. The van der Waals surface area contributed by atoms with Crippen LogP contribution in [0.5, 0.6) is 11.5 Å². The maximum absolute atomic E-state index is 12.1. The molecule has 0 radical (unpaired) electrons. The predicted octanol–water partition coefficient (Wildman–Crippen LogP) is 3.55. The lowest BCUT2D eigenvalue weighted by Gasteiger charge is -2.13. The van der Waals surface area contributed by atoms with Gasteiger partial charge in [0.2, 0.25) is 0 Å². The molecule has 0 aliphatic heterocycles. The highest BCUT2D eigenvalue weighted by Gasteiger charge is 2.20. The van der Waals surface area contributed by atoms with Gasteiger partial charge in [0.05, 0.1) is 11.1 Å². The standard InChI is InChI=1S/C20H18O6/c1-12(21)19(15-7-5-4-6-8-15)20(24)17-10-9-16(25-13(2)22)11-18(17)26-14(3)23/h4-11,24H,1-3H3/b20-19+. The molecular weight excluding hydrogens is 336 g/mol. The van der Waals surface area contributed by atoms with E-state index in [-0.39, 0.29) is 34.2 Å². The first-order valence-corrected chi connectivity index (χ1v) is 7.80. The summed E-state index contributed by atoms with van der Waals surface area (Å²) in [5.74, 6) is -1.73. The Labute approximate surface area is 150 Å². The Morgan fingerprint density at radius 3 is 2.00 bits per heavy atom. The van der Waals surface area contributed by atoms with Gasteiger partial charge in [0.25, 0.3) is 0 Å². The fourth-order valence-corrected chi connectivity index (χ4v) is 2.41. The smallest absolute Gasteiger partial charge is 0.308 e. The lowest BCUT2D eigenvalue weighted by Crippen LogP contribution is -2.07. The second kappa shape index (κ2) is 8.11. The van der Waals surface area contributed by atoms with E-state index in [1.54, 1.807) is 30.3 Å². The van der Waals surface area contributed by atoms with Gasteiger partial charge in [-0.1, -0.05) is 30.3 Å². The third kappa shape index (κ3) is 4.57. The number of esters is 2. The molecule has 0 atom stereocenters. The largest absolute Gasteiger partial charge is 0.506 e. The maximum Gasteiger partial charge on any atom is 0.308 e. The molecule has 0 fully saturated rings. The highest BCUT2D eigenvalue weighted by Crippen LogP contribution is 2.34. The Kier molecular flexibility index (Phi) is 5.90. The Morgan fingerprint density at radius 1 is 0.846 bits per heavy atom. The van der Waals surface area contributed by atoms with Crippen molar-refractivity contribution in [2.75, 3.05) is 0 Å². The van der Waals surface area contributed by atoms with Gasteiger partial charge >= 0.3 is 11.9 Å². The van der Waals surface area contributed by atoms with Crippen LogP contribution in [-0.4, -0.2) is 22.8 Å². The van der Waals surface area contributed by atoms with E-state index in [0.29, 0.717) is 5.56 Å². The number of carbonyl (C=O) groups excluding carboxylic acids is 3. The normalized spacial score (nSPS) is 11.3. The Bertz CT molecular complexity index is 880. The quantitative estimate of drug-likeness (QED) is 0.290. The van der Waals surface area contributed by atoms with Crippen LogP contribution in [0.25, 0.3) is 11.3 Å². The van der Waals surface area contributed by atoms with Gasteiger partial charge in [0, 0.05) is 19.9 Å². The van der Waals surface area contributed by atoms with Crippen molar-refractivity contribution in [3.63, 3.8) is 0 Å². The second-order valence-corrected chi connectivity index (χ2v) is 5.49. The third-order valence-corrected chi connectivity index (χ3v) is 3.37. The average molecular weight is 354 g/mol. The van der Waals surface area contributed by atoms with E-state index in [4.69, 9.17) is 9.47 Å². The van der Waals surface area contributed by atoms with Crippen molar-refractivity contribution in [3.05, 3.63) is 59.7 Å². The van der Waals surface area contributed by atoms with Crippen molar-refractivity contribution in [3.8, 4) is 11.5 Å². The molecule has 0 aliphatic carbocycles. The van der Waals surface area contributed by atoms with Crippen molar-refractivity contribution in [2.45, 2.75) is 20.8 Å². The molecule has 0 spiro atoms. The summed E-state index contributed by atoms with van der Waals surface area (Å²) in [7, 11) is 0. The summed E-state index contributed by atoms with van der Waals surface area (Å²) in [5, 5.41) is 10.7. The van der Waals surface area contributed by atoms with E-state index in [1.165, 1.54) is 39.0 Å². The molecule has 2 rings (SSSR count). The van der Waals surface area contributed by atoms with E-state index >= 15 is 0 Å². The molecule has 1 N–H and O–H groups in total. The fourth-order valence-electron chi connectivity index (χ4n) is 2.41. The highest BCUT2D eigenvalue weighted by molar-refractivity contribution is 6.26. The Balaban J connectivity index is 2.64. The summed E-state index contributed by atoms with van der Waals surface area (Å²) < 4.78 is 10.1. The van der Waals surface area contributed by atoms with E-state index in [2.05, 4.69) is 0 Å². The van der Waals surface area contributed by atoms with Crippen LogP contribution in [0.1, 0.15) is 31.9 Å². The maximum atomic E-state index is 12.1. The summed E-state index contributed by atoms with van der Waals surface area (Å²) in [5.41, 5.74) is 0.736. The first-order valence-electron chi connectivity index (χ1n) is 7.80. The third-order valence-electron chi connectivity index (χ3n) is 3.37. The number of benzene rings is 2. The van der Waals surface area contributed by atoms with Crippen LogP contribution in [0.15, 0.2) is 48.5 Å². The van der Waals surface area contributed by atoms with Crippen LogP contribution in [0, 0.1) is 0 Å². The minimum absolute atomic E-state index is 0.0246. The van der Waals surface area contributed by atoms with E-state index in [1.807, 2.05) is 0 Å². The lowest BCUT2D eigenvalue weighted by atomic mass is 9.97. The number of aliphatic hydroxyl groups is 1. The first-order chi connectivity index (χ1) is 12.3. The van der Waals surface area contributed by atoms with E-state index < -0.39 is 11.9 Å². The van der Waals surface area contributed by atoms with Gasteiger partial charge in [-0.15, -0.1) is 0 Å². The van der Waals surface area contributed by atoms with Crippen molar-refractivity contribution in [1.82, 2.24) is 0 Å². The zero-order valence-corrected chi connectivity index (χ0v) is 14.6. The Hall–Kier alpha value is -3.41. The predicted molar refractivity (Wildman–Crippen MR) is 95.6 cm³/mol. The molecule has 0 saturated heterocycles. The Morgan fingerprint density at radius 2 is 1.46 bits per heavy atom. The minimum atomic E-state index is -0.622. The van der Waals surface area contributed by atoms with Gasteiger partial charge in [0.1, 0.15) is 17.3 Å². The molecule has 0 aromatic heterocycles. The number of Topliss-reactive ketones (excluding diaryl/α,β-unsaturated/α-hetero) is 1. The summed E-state index contributed by atoms with van der Waals surface area (Å²) in [6.07, 6.45) is 0. The zero-order chi connectivity index (χ0) is 19.3. The molecule has 0 saturated carbocycles. The van der Waals surface area contributed by atoms with Crippen LogP contribution >= 0.6 is 0 Å². The first kappa shape index (κ1) is 18.9. The molecule has 2 aromatic carbocycles. The number of ether oxygens (including phenoxy) is 2. The lowest BCUT2D eigenvalue weighted by molar-refractivity contribution is -0.132. The number of ketones is 1. The van der Waals surface area contributed by atoms with Gasteiger partial charge < -0.3 is 14.6 Å². The van der Waals surface area contributed by atoms with E-state index in [9.17, 15) is 19.5 Å². The topological polar surface area (TPSA) is 89.9 Å². The van der Waals surface area contributed by atoms with Gasteiger partial charge in [0.15, 0.2) is 5.78 Å².